The van der Waals surface area contributed by atoms with Crippen LogP contribution in [0.15, 0.2) is 17.5 Å². The van der Waals surface area contributed by atoms with Crippen LogP contribution in [0.25, 0.3) is 11.3 Å². The summed E-state index contributed by atoms with van der Waals surface area (Å²) in [5.74, 6) is 0.357. The Hall–Kier alpha value is -1.88. The van der Waals surface area contributed by atoms with E-state index in [0.29, 0.717) is 5.01 Å². The molecule has 2 aromatic rings. The first-order valence-electron chi connectivity index (χ1n) is 5.44. The number of nitrogens with two attached hydrogens (primary N) is 1. The fraction of sp³-hybridized carbons (Fsp3) is 0.231. The van der Waals surface area contributed by atoms with Gasteiger partial charge >= 0.3 is 0 Å². The Morgan fingerprint density at radius 2 is 2.06 bits per heavy atom. The third-order valence-corrected chi connectivity index (χ3v) is 3.59. The first-order valence-corrected chi connectivity index (χ1v) is 6.32. The van der Waals surface area contributed by atoms with E-state index >= 15 is 0 Å². The number of amides is 1. The number of ether oxygens (including phenoxy) is 1. The summed E-state index contributed by atoms with van der Waals surface area (Å²) in [6.45, 7) is 3.96. The van der Waals surface area contributed by atoms with Gasteiger partial charge in [-0.25, -0.2) is 4.98 Å². The van der Waals surface area contributed by atoms with Gasteiger partial charge in [0.05, 0.1) is 12.8 Å². The van der Waals surface area contributed by atoms with Gasteiger partial charge in [-0.05, 0) is 37.1 Å². The van der Waals surface area contributed by atoms with Crippen molar-refractivity contribution < 1.29 is 9.53 Å². The number of nitrogens with zero attached hydrogens (tertiary/aromatic N) is 1. The lowest BCUT2D eigenvalue weighted by Gasteiger charge is -2.09. The zero-order valence-electron chi connectivity index (χ0n) is 10.5. The topological polar surface area (TPSA) is 65.2 Å². The van der Waals surface area contributed by atoms with Gasteiger partial charge in [-0.15, -0.1) is 11.3 Å². The minimum atomic E-state index is -0.492. The molecule has 2 rings (SSSR count). The summed E-state index contributed by atoms with van der Waals surface area (Å²) in [4.78, 5) is 15.3. The summed E-state index contributed by atoms with van der Waals surface area (Å²) in [5.41, 5.74) is 9.07. The first-order chi connectivity index (χ1) is 8.52. The molecule has 1 amide bonds. The molecule has 0 aliphatic carbocycles. The molecule has 0 fully saturated rings. The second kappa shape index (κ2) is 4.78. The van der Waals surface area contributed by atoms with Crippen LogP contribution in [0, 0.1) is 13.8 Å². The molecule has 0 saturated heterocycles. The van der Waals surface area contributed by atoms with Crippen molar-refractivity contribution >= 4 is 17.2 Å². The van der Waals surface area contributed by atoms with Crippen molar-refractivity contribution in [2.45, 2.75) is 13.8 Å². The molecule has 0 bridgehead atoms. The molecule has 5 heteroatoms. The van der Waals surface area contributed by atoms with E-state index in [2.05, 4.69) is 4.98 Å². The summed E-state index contributed by atoms with van der Waals surface area (Å²) in [6, 6.07) is 3.97. The normalized spacial score (nSPS) is 10.4. The van der Waals surface area contributed by atoms with E-state index in [1.54, 1.807) is 7.11 Å². The highest BCUT2D eigenvalue weighted by atomic mass is 32.1. The SMILES string of the molecule is COc1cc(C)c(-c2csc(C(N)=O)n2)cc1C. The standard InChI is InChI=1S/C13H14N2O2S/c1-7-5-11(17-3)8(2)4-9(7)10-6-18-13(15-10)12(14)16/h4-6H,1-3H3,(H2,14,16). The van der Waals surface area contributed by atoms with Gasteiger partial charge in [0.15, 0.2) is 5.01 Å². The average molecular weight is 262 g/mol. The van der Waals surface area contributed by atoms with Gasteiger partial charge in [0, 0.05) is 10.9 Å². The Labute approximate surface area is 109 Å². The minimum Gasteiger partial charge on any atom is -0.496 e. The quantitative estimate of drug-likeness (QED) is 0.924. The van der Waals surface area contributed by atoms with Crippen LogP contribution in [0.3, 0.4) is 0 Å². The Kier molecular flexibility index (Phi) is 3.34. The highest BCUT2D eigenvalue weighted by Gasteiger charge is 2.12. The molecule has 1 aromatic carbocycles. The van der Waals surface area contributed by atoms with Gasteiger partial charge in [0.2, 0.25) is 0 Å². The molecular formula is C13H14N2O2S. The molecule has 1 aromatic heterocycles. The van der Waals surface area contributed by atoms with Crippen molar-refractivity contribution in [3.8, 4) is 17.0 Å². The number of thiazole rings is 1. The minimum absolute atomic E-state index is 0.331. The van der Waals surface area contributed by atoms with Crippen molar-refractivity contribution in [3.63, 3.8) is 0 Å². The van der Waals surface area contributed by atoms with Gasteiger partial charge in [0.1, 0.15) is 5.75 Å². The molecule has 18 heavy (non-hydrogen) atoms. The van der Waals surface area contributed by atoms with Gasteiger partial charge in [0.25, 0.3) is 5.91 Å². The van der Waals surface area contributed by atoms with Crippen LogP contribution in [-0.2, 0) is 0 Å². The Balaban J connectivity index is 2.50. The number of primary amides is 1. The molecule has 0 spiro atoms. The summed E-state index contributed by atoms with van der Waals surface area (Å²) in [7, 11) is 1.65. The van der Waals surface area contributed by atoms with Crippen molar-refractivity contribution in [2.24, 2.45) is 5.73 Å². The fourth-order valence-corrected chi connectivity index (χ4v) is 2.47. The van der Waals surface area contributed by atoms with E-state index in [1.807, 2.05) is 31.4 Å². The van der Waals surface area contributed by atoms with E-state index in [9.17, 15) is 4.79 Å². The Bertz CT molecular complexity index is 605. The Morgan fingerprint density at radius 1 is 1.33 bits per heavy atom. The van der Waals surface area contributed by atoms with Gasteiger partial charge in [-0.1, -0.05) is 0 Å². The van der Waals surface area contributed by atoms with Crippen molar-refractivity contribution in [2.75, 3.05) is 7.11 Å². The summed E-state index contributed by atoms with van der Waals surface area (Å²) < 4.78 is 5.27. The van der Waals surface area contributed by atoms with Crippen molar-refractivity contribution in [3.05, 3.63) is 33.6 Å². The van der Waals surface area contributed by atoms with E-state index < -0.39 is 5.91 Å². The molecule has 1 heterocycles. The number of carbonyl (C=O) groups excluding carboxylic acids is 1. The lowest BCUT2D eigenvalue weighted by molar-refractivity contribution is 0.1000. The second-order valence-electron chi connectivity index (χ2n) is 4.04. The summed E-state index contributed by atoms with van der Waals surface area (Å²) in [6.07, 6.45) is 0. The number of aryl methyl sites for hydroxylation is 2. The van der Waals surface area contributed by atoms with E-state index in [-0.39, 0.29) is 0 Å². The average Bonchev–Trinajstić information content (AvgIpc) is 2.81. The maximum atomic E-state index is 11.0. The molecule has 0 aliphatic heterocycles. The number of hydrogen-bond donors (Lipinski definition) is 1. The number of methoxy groups -OCH3 is 1. The van der Waals surface area contributed by atoms with E-state index in [1.165, 1.54) is 11.3 Å². The van der Waals surface area contributed by atoms with Crippen LogP contribution in [-0.4, -0.2) is 18.0 Å². The first kappa shape index (κ1) is 12.6. The van der Waals surface area contributed by atoms with Crippen LogP contribution in [0.5, 0.6) is 5.75 Å². The molecule has 4 nitrogen and oxygen atoms in total. The highest BCUT2D eigenvalue weighted by molar-refractivity contribution is 7.12. The fourth-order valence-electron chi connectivity index (χ4n) is 1.80. The monoisotopic (exact) mass is 262 g/mol. The van der Waals surface area contributed by atoms with E-state index in [0.717, 1.165) is 28.1 Å². The molecule has 0 aliphatic rings. The third-order valence-electron chi connectivity index (χ3n) is 2.73. The van der Waals surface area contributed by atoms with Gasteiger partial charge < -0.3 is 10.5 Å². The predicted octanol–water partition coefficient (Wildman–Crippen LogP) is 2.53. The number of hydrogen-bond acceptors (Lipinski definition) is 4. The number of rotatable bonds is 3. The molecular weight excluding hydrogens is 248 g/mol. The zero-order chi connectivity index (χ0) is 13.3. The predicted molar refractivity (Wildman–Crippen MR) is 72.1 cm³/mol. The molecule has 0 atom stereocenters. The van der Waals surface area contributed by atoms with Gasteiger partial charge in [-0.3, -0.25) is 4.79 Å². The van der Waals surface area contributed by atoms with Crippen molar-refractivity contribution in [1.29, 1.82) is 0 Å². The number of carbonyl (C=O) groups is 1. The van der Waals surface area contributed by atoms with Crippen LogP contribution >= 0.6 is 11.3 Å². The zero-order valence-corrected chi connectivity index (χ0v) is 11.3. The number of benzene rings is 1. The molecule has 94 valence electrons. The lowest BCUT2D eigenvalue weighted by Crippen LogP contribution is -2.10. The van der Waals surface area contributed by atoms with E-state index in [4.69, 9.17) is 10.5 Å². The summed E-state index contributed by atoms with van der Waals surface area (Å²) in [5, 5.41) is 2.17. The largest absolute Gasteiger partial charge is 0.496 e. The smallest absolute Gasteiger partial charge is 0.277 e. The van der Waals surface area contributed by atoms with Crippen LogP contribution in [0.1, 0.15) is 20.9 Å². The lowest BCUT2D eigenvalue weighted by atomic mass is 10.0. The second-order valence-corrected chi connectivity index (χ2v) is 4.90. The maximum absolute atomic E-state index is 11.0. The highest BCUT2D eigenvalue weighted by Crippen LogP contribution is 2.30. The molecule has 0 saturated carbocycles. The van der Waals surface area contributed by atoms with Crippen LogP contribution in [0.4, 0.5) is 0 Å². The summed E-state index contributed by atoms with van der Waals surface area (Å²) >= 11 is 1.26. The molecule has 2 N–H and O–H groups in total. The number of aromatic nitrogens is 1. The maximum Gasteiger partial charge on any atom is 0.277 e. The van der Waals surface area contributed by atoms with Gasteiger partial charge in [-0.2, -0.15) is 0 Å². The third kappa shape index (κ3) is 2.22. The van der Waals surface area contributed by atoms with Crippen LogP contribution in [0.2, 0.25) is 0 Å². The van der Waals surface area contributed by atoms with Crippen molar-refractivity contribution in [1.82, 2.24) is 4.98 Å². The molecule has 0 unspecified atom stereocenters. The molecule has 0 radical (unpaired) electrons. The van der Waals surface area contributed by atoms with Crippen LogP contribution < -0.4 is 10.5 Å². The Morgan fingerprint density at radius 3 is 2.61 bits per heavy atom.